The van der Waals surface area contributed by atoms with Crippen LogP contribution in [0.2, 0.25) is 0 Å². The largest absolute Gasteiger partial charge is 0.383 e. The fourth-order valence-corrected chi connectivity index (χ4v) is 3.37. The van der Waals surface area contributed by atoms with Gasteiger partial charge in [-0.2, -0.15) is 0 Å². The first-order valence-corrected chi connectivity index (χ1v) is 9.27. The Morgan fingerprint density at radius 3 is 2.40 bits per heavy atom. The lowest BCUT2D eigenvalue weighted by atomic mass is 10.1. The summed E-state index contributed by atoms with van der Waals surface area (Å²) >= 11 is 0. The number of halogens is 1. The number of benzene rings is 1. The normalized spacial score (nSPS) is 12.3. The van der Waals surface area contributed by atoms with Gasteiger partial charge in [0.05, 0.1) is 28.8 Å². The third-order valence-electron chi connectivity index (χ3n) is 3.78. The molecule has 0 aliphatic rings. The number of hydrogen-bond acceptors (Lipinski definition) is 4. The summed E-state index contributed by atoms with van der Waals surface area (Å²) in [5.74, 6) is -0.313. The van der Waals surface area contributed by atoms with Gasteiger partial charge in [0.2, 0.25) is 0 Å². The first kappa shape index (κ1) is 17.4. The van der Waals surface area contributed by atoms with Crippen LogP contribution in [-0.2, 0) is 22.1 Å². The average molecular weight is 359 g/mol. The van der Waals surface area contributed by atoms with Crippen molar-refractivity contribution in [1.29, 1.82) is 0 Å². The SMILES string of the molecule is COCCn1c(S(C)=O)nc(-c2ccc(F)cc2)c1-c1ccncc1. The van der Waals surface area contributed by atoms with Crippen molar-refractivity contribution in [1.82, 2.24) is 14.5 Å². The lowest BCUT2D eigenvalue weighted by molar-refractivity contribution is 0.185. The summed E-state index contributed by atoms with van der Waals surface area (Å²) in [4.78, 5) is 8.66. The van der Waals surface area contributed by atoms with E-state index in [9.17, 15) is 8.60 Å². The van der Waals surface area contributed by atoms with E-state index in [4.69, 9.17) is 4.74 Å². The molecule has 1 aromatic carbocycles. The highest BCUT2D eigenvalue weighted by Gasteiger charge is 2.21. The van der Waals surface area contributed by atoms with Crippen LogP contribution in [0.25, 0.3) is 22.5 Å². The van der Waals surface area contributed by atoms with Crippen molar-refractivity contribution >= 4 is 10.8 Å². The molecule has 0 aliphatic carbocycles. The van der Waals surface area contributed by atoms with Gasteiger partial charge < -0.3 is 9.30 Å². The molecule has 0 bridgehead atoms. The van der Waals surface area contributed by atoms with Crippen molar-refractivity contribution in [3.63, 3.8) is 0 Å². The minimum atomic E-state index is -1.28. The van der Waals surface area contributed by atoms with E-state index in [2.05, 4.69) is 9.97 Å². The van der Waals surface area contributed by atoms with Crippen LogP contribution in [0.15, 0.2) is 53.9 Å². The van der Waals surface area contributed by atoms with Gasteiger partial charge in [-0.25, -0.2) is 9.37 Å². The minimum absolute atomic E-state index is 0.313. The van der Waals surface area contributed by atoms with Crippen molar-refractivity contribution in [2.75, 3.05) is 20.0 Å². The molecule has 5 nitrogen and oxygen atoms in total. The highest BCUT2D eigenvalue weighted by Crippen LogP contribution is 2.33. The van der Waals surface area contributed by atoms with Gasteiger partial charge in [-0.1, -0.05) is 0 Å². The summed E-state index contributed by atoms with van der Waals surface area (Å²) in [5, 5.41) is 0.461. The molecule has 0 fully saturated rings. The molecule has 0 aliphatic heterocycles. The lowest BCUT2D eigenvalue weighted by Crippen LogP contribution is -2.10. The van der Waals surface area contributed by atoms with E-state index in [1.54, 1.807) is 37.9 Å². The highest BCUT2D eigenvalue weighted by atomic mass is 32.2. The average Bonchev–Trinajstić information content (AvgIpc) is 3.01. The molecule has 0 N–H and O–H groups in total. The Morgan fingerprint density at radius 1 is 1.12 bits per heavy atom. The summed E-state index contributed by atoms with van der Waals surface area (Å²) in [6.45, 7) is 0.971. The quantitative estimate of drug-likeness (QED) is 0.678. The van der Waals surface area contributed by atoms with Crippen LogP contribution in [0.5, 0.6) is 0 Å². The van der Waals surface area contributed by atoms with E-state index >= 15 is 0 Å². The molecule has 0 saturated heterocycles. The molecule has 3 rings (SSSR count). The monoisotopic (exact) mass is 359 g/mol. The molecular weight excluding hydrogens is 341 g/mol. The van der Waals surface area contributed by atoms with Gasteiger partial charge in [-0.3, -0.25) is 9.19 Å². The number of pyridine rings is 1. The zero-order valence-corrected chi connectivity index (χ0v) is 14.8. The van der Waals surface area contributed by atoms with Crippen LogP contribution < -0.4 is 0 Å². The topological polar surface area (TPSA) is 57.0 Å². The van der Waals surface area contributed by atoms with Gasteiger partial charge in [-0.15, -0.1) is 0 Å². The van der Waals surface area contributed by atoms with Crippen LogP contribution in [0.4, 0.5) is 4.39 Å². The first-order chi connectivity index (χ1) is 12.1. The van der Waals surface area contributed by atoms with Crippen LogP contribution >= 0.6 is 0 Å². The van der Waals surface area contributed by atoms with Gasteiger partial charge in [0.15, 0.2) is 5.16 Å². The fourth-order valence-electron chi connectivity index (χ4n) is 2.65. The Labute approximate surface area is 148 Å². The second-order valence-corrected chi connectivity index (χ2v) is 6.71. The third-order valence-corrected chi connectivity index (χ3v) is 4.61. The minimum Gasteiger partial charge on any atom is -0.383 e. The van der Waals surface area contributed by atoms with Crippen LogP contribution in [0.3, 0.4) is 0 Å². The van der Waals surface area contributed by atoms with E-state index in [1.165, 1.54) is 12.1 Å². The standard InChI is InChI=1S/C18H18FN3O2S/c1-24-12-11-22-17(14-7-9-20-10-8-14)16(21-18(22)25(2)23)13-3-5-15(19)6-4-13/h3-10H,11-12H2,1-2H3. The van der Waals surface area contributed by atoms with Crippen molar-refractivity contribution in [2.24, 2.45) is 0 Å². The fraction of sp³-hybridized carbons (Fsp3) is 0.222. The lowest BCUT2D eigenvalue weighted by Gasteiger charge is -2.11. The van der Waals surface area contributed by atoms with Gasteiger partial charge in [0, 0.05) is 43.4 Å². The maximum atomic E-state index is 13.3. The molecule has 0 amide bonds. The summed E-state index contributed by atoms with van der Waals surface area (Å²) in [6.07, 6.45) is 4.98. The highest BCUT2D eigenvalue weighted by molar-refractivity contribution is 7.84. The van der Waals surface area contributed by atoms with Crippen LogP contribution in [-0.4, -0.2) is 38.7 Å². The Balaban J connectivity index is 2.26. The molecule has 130 valence electrons. The number of methoxy groups -OCH3 is 1. The first-order valence-electron chi connectivity index (χ1n) is 7.71. The van der Waals surface area contributed by atoms with Crippen molar-refractivity contribution in [3.05, 3.63) is 54.6 Å². The molecule has 0 radical (unpaired) electrons. The Hall–Kier alpha value is -2.38. The van der Waals surface area contributed by atoms with E-state index < -0.39 is 10.8 Å². The Bertz CT molecular complexity index is 879. The summed E-state index contributed by atoms with van der Waals surface area (Å²) < 4.78 is 32.6. The number of nitrogens with zero attached hydrogens (tertiary/aromatic N) is 3. The predicted molar refractivity (Wildman–Crippen MR) is 95.1 cm³/mol. The third kappa shape index (κ3) is 3.67. The molecular formula is C18H18FN3O2S. The van der Waals surface area contributed by atoms with Crippen molar-refractivity contribution in [3.8, 4) is 22.5 Å². The molecule has 1 unspecified atom stereocenters. The number of hydrogen-bond donors (Lipinski definition) is 0. The van der Waals surface area contributed by atoms with Crippen molar-refractivity contribution < 1.29 is 13.3 Å². The van der Waals surface area contributed by atoms with Crippen LogP contribution in [0, 0.1) is 5.82 Å². The maximum Gasteiger partial charge on any atom is 0.199 e. The second-order valence-electron chi connectivity index (χ2n) is 5.43. The molecule has 2 aromatic heterocycles. The smallest absolute Gasteiger partial charge is 0.199 e. The molecule has 7 heteroatoms. The predicted octanol–water partition coefficient (Wildman–Crippen LogP) is 3.14. The van der Waals surface area contributed by atoms with E-state index in [1.807, 2.05) is 16.7 Å². The number of aromatic nitrogens is 3. The maximum absolute atomic E-state index is 13.3. The van der Waals surface area contributed by atoms with Gasteiger partial charge in [-0.05, 0) is 36.4 Å². The van der Waals surface area contributed by atoms with E-state index in [-0.39, 0.29) is 5.82 Å². The van der Waals surface area contributed by atoms with Crippen LogP contribution in [0.1, 0.15) is 0 Å². The van der Waals surface area contributed by atoms with Crippen molar-refractivity contribution in [2.45, 2.75) is 11.7 Å². The number of imidazole rings is 1. The second kappa shape index (κ2) is 7.67. The van der Waals surface area contributed by atoms with E-state index in [0.717, 1.165) is 16.8 Å². The molecule has 0 spiro atoms. The number of ether oxygens (including phenoxy) is 1. The molecule has 1 atom stereocenters. The van der Waals surface area contributed by atoms with E-state index in [0.29, 0.717) is 24.0 Å². The molecule has 25 heavy (non-hydrogen) atoms. The summed E-state index contributed by atoms with van der Waals surface area (Å²) in [7, 11) is 0.339. The summed E-state index contributed by atoms with van der Waals surface area (Å²) in [6, 6.07) is 9.87. The van der Waals surface area contributed by atoms with Gasteiger partial charge in [0.25, 0.3) is 0 Å². The molecule has 2 heterocycles. The van der Waals surface area contributed by atoms with Gasteiger partial charge in [0.1, 0.15) is 5.82 Å². The van der Waals surface area contributed by atoms with Gasteiger partial charge >= 0.3 is 0 Å². The molecule has 3 aromatic rings. The zero-order valence-electron chi connectivity index (χ0n) is 14.0. The number of rotatable bonds is 6. The zero-order chi connectivity index (χ0) is 17.8. The molecule has 0 saturated carbocycles. The summed E-state index contributed by atoms with van der Waals surface area (Å²) in [5.41, 5.74) is 3.13. The Kier molecular flexibility index (Phi) is 5.35. The Morgan fingerprint density at radius 2 is 1.80 bits per heavy atom.